The average Bonchev–Trinajstić information content (AvgIpc) is 3.30. The van der Waals surface area contributed by atoms with Gasteiger partial charge in [0.1, 0.15) is 5.67 Å². The fraction of sp³-hybridized carbons (Fsp3) is 0.409. The van der Waals surface area contributed by atoms with Gasteiger partial charge in [-0.1, -0.05) is 19.3 Å². The second-order valence-corrected chi connectivity index (χ2v) is 8.05. The molecule has 7 heteroatoms. The Balaban J connectivity index is 1.87. The molecule has 1 aliphatic carbocycles. The minimum Gasteiger partial charge on any atom is -0.512 e. The number of aromatic amines is 1. The van der Waals surface area contributed by atoms with Crippen LogP contribution >= 0.6 is 0 Å². The van der Waals surface area contributed by atoms with E-state index in [1.54, 1.807) is 32.4 Å². The Kier molecular flexibility index (Phi) is 4.98. The Hall–Kier alpha value is -2.96. The number of fused-ring (bicyclic) bond motifs is 1. The standard InChI is InChI=1S/C22H26FN5O/c1-14(24)20(15(2)29)16-8-19-21(25-9-16)18(17-10-26-27-11-17)12-28(19)13-22(23)6-4-3-5-7-22/h8-12,24,29H,3-7,13H2,1-2H3,(H,26,27)/b20-15+,24-14?. The van der Waals surface area contributed by atoms with Crippen LogP contribution in [0, 0.1) is 5.41 Å². The third-order valence-electron chi connectivity index (χ3n) is 5.76. The van der Waals surface area contributed by atoms with Crippen molar-refractivity contribution in [3.8, 4) is 11.1 Å². The number of aliphatic hydroxyl groups excluding tert-OH is 1. The molecule has 0 amide bonds. The van der Waals surface area contributed by atoms with Crippen LogP contribution in [0.2, 0.25) is 0 Å². The monoisotopic (exact) mass is 395 g/mol. The van der Waals surface area contributed by atoms with Gasteiger partial charge >= 0.3 is 0 Å². The molecule has 0 spiro atoms. The van der Waals surface area contributed by atoms with Crippen molar-refractivity contribution in [1.82, 2.24) is 19.7 Å². The second kappa shape index (κ2) is 7.46. The predicted molar refractivity (Wildman–Crippen MR) is 113 cm³/mol. The number of allylic oxidation sites excluding steroid dienone is 2. The van der Waals surface area contributed by atoms with Crippen LogP contribution in [-0.2, 0) is 6.54 Å². The van der Waals surface area contributed by atoms with Crippen molar-refractivity contribution < 1.29 is 9.50 Å². The van der Waals surface area contributed by atoms with Crippen molar-refractivity contribution >= 4 is 22.3 Å². The van der Waals surface area contributed by atoms with Crippen molar-refractivity contribution in [2.24, 2.45) is 0 Å². The van der Waals surface area contributed by atoms with Crippen molar-refractivity contribution in [3.05, 3.63) is 42.2 Å². The van der Waals surface area contributed by atoms with Crippen LogP contribution in [0.15, 0.2) is 36.6 Å². The van der Waals surface area contributed by atoms with Gasteiger partial charge in [-0.3, -0.25) is 10.1 Å². The van der Waals surface area contributed by atoms with Crippen LogP contribution in [0.25, 0.3) is 27.7 Å². The Morgan fingerprint density at radius 1 is 1.28 bits per heavy atom. The van der Waals surface area contributed by atoms with E-state index in [-0.39, 0.29) is 18.0 Å². The molecule has 29 heavy (non-hydrogen) atoms. The topological polar surface area (TPSA) is 90.6 Å². The predicted octanol–water partition coefficient (Wildman–Crippen LogP) is 5.43. The van der Waals surface area contributed by atoms with Gasteiger partial charge < -0.3 is 15.1 Å². The van der Waals surface area contributed by atoms with Gasteiger partial charge in [0.25, 0.3) is 0 Å². The third-order valence-corrected chi connectivity index (χ3v) is 5.76. The number of aliphatic hydroxyl groups is 1. The molecule has 0 aliphatic heterocycles. The molecule has 3 N–H and O–H groups in total. The molecule has 3 heterocycles. The zero-order chi connectivity index (χ0) is 20.6. The van der Waals surface area contributed by atoms with Gasteiger partial charge in [0.15, 0.2) is 0 Å². The first-order chi connectivity index (χ1) is 13.9. The summed E-state index contributed by atoms with van der Waals surface area (Å²) in [5.74, 6) is 0.0704. The number of pyridine rings is 1. The first-order valence-corrected chi connectivity index (χ1v) is 10.0. The van der Waals surface area contributed by atoms with E-state index >= 15 is 4.39 Å². The number of rotatable bonds is 5. The lowest BCUT2D eigenvalue weighted by molar-refractivity contribution is 0.0873. The van der Waals surface area contributed by atoms with Crippen LogP contribution in [0.4, 0.5) is 4.39 Å². The van der Waals surface area contributed by atoms with Crippen molar-refractivity contribution in [2.75, 3.05) is 0 Å². The number of H-pyrrole nitrogens is 1. The maximum absolute atomic E-state index is 15.5. The van der Waals surface area contributed by atoms with E-state index in [2.05, 4.69) is 15.2 Å². The molecule has 152 valence electrons. The summed E-state index contributed by atoms with van der Waals surface area (Å²) in [6.45, 7) is 3.47. The first-order valence-electron chi connectivity index (χ1n) is 10.0. The highest BCUT2D eigenvalue weighted by Crippen LogP contribution is 2.37. The molecule has 1 aliphatic rings. The zero-order valence-electron chi connectivity index (χ0n) is 16.8. The fourth-order valence-electron chi connectivity index (χ4n) is 4.39. The van der Waals surface area contributed by atoms with Crippen molar-refractivity contribution in [2.45, 2.75) is 58.2 Å². The summed E-state index contributed by atoms with van der Waals surface area (Å²) in [6.07, 6.45) is 11.2. The van der Waals surface area contributed by atoms with Gasteiger partial charge in [-0.25, -0.2) is 4.39 Å². The Morgan fingerprint density at radius 3 is 2.66 bits per heavy atom. The van der Waals surface area contributed by atoms with Gasteiger partial charge in [0.2, 0.25) is 0 Å². The van der Waals surface area contributed by atoms with Gasteiger partial charge in [-0.05, 0) is 32.8 Å². The lowest BCUT2D eigenvalue weighted by atomic mass is 9.86. The van der Waals surface area contributed by atoms with Crippen LogP contribution in [0.1, 0.15) is 51.5 Å². The number of nitrogens with zero attached hydrogens (tertiary/aromatic N) is 3. The minimum absolute atomic E-state index is 0.0704. The SMILES string of the molecule is CC(=N)/C(=C(/C)O)c1cnc2c(-c3cn[nH]c3)cn(CC3(F)CCCCC3)c2c1. The molecular weight excluding hydrogens is 369 g/mol. The van der Waals surface area contributed by atoms with Crippen molar-refractivity contribution in [3.63, 3.8) is 0 Å². The van der Waals surface area contributed by atoms with E-state index in [9.17, 15) is 5.11 Å². The summed E-state index contributed by atoms with van der Waals surface area (Å²) < 4.78 is 17.4. The molecule has 4 rings (SSSR count). The largest absolute Gasteiger partial charge is 0.512 e. The van der Waals surface area contributed by atoms with Crippen LogP contribution in [0.3, 0.4) is 0 Å². The van der Waals surface area contributed by atoms with Crippen LogP contribution in [0.5, 0.6) is 0 Å². The molecular formula is C22H26FN5O. The van der Waals surface area contributed by atoms with E-state index in [0.29, 0.717) is 24.0 Å². The normalized spacial score (nSPS) is 17.3. The number of hydrogen-bond donors (Lipinski definition) is 3. The van der Waals surface area contributed by atoms with E-state index in [1.807, 2.05) is 16.8 Å². The smallest absolute Gasteiger partial charge is 0.128 e. The molecule has 0 bridgehead atoms. The summed E-state index contributed by atoms with van der Waals surface area (Å²) in [5, 5.41) is 24.9. The molecule has 0 radical (unpaired) electrons. The maximum Gasteiger partial charge on any atom is 0.128 e. The lowest BCUT2D eigenvalue weighted by Crippen LogP contribution is -2.31. The highest BCUT2D eigenvalue weighted by molar-refractivity contribution is 6.22. The van der Waals surface area contributed by atoms with Gasteiger partial charge in [0.05, 0.1) is 29.5 Å². The molecule has 0 atom stereocenters. The zero-order valence-corrected chi connectivity index (χ0v) is 16.8. The Bertz CT molecular complexity index is 1070. The molecule has 3 aromatic heterocycles. The van der Waals surface area contributed by atoms with E-state index < -0.39 is 5.67 Å². The number of halogens is 1. The summed E-state index contributed by atoms with van der Waals surface area (Å²) in [6, 6.07) is 1.89. The van der Waals surface area contributed by atoms with Crippen molar-refractivity contribution in [1.29, 1.82) is 5.41 Å². The number of hydrogen-bond acceptors (Lipinski definition) is 4. The highest BCUT2D eigenvalue weighted by atomic mass is 19.1. The highest BCUT2D eigenvalue weighted by Gasteiger charge is 2.33. The molecule has 6 nitrogen and oxygen atoms in total. The molecule has 3 aromatic rings. The maximum atomic E-state index is 15.5. The number of aromatic nitrogens is 4. The third kappa shape index (κ3) is 3.69. The van der Waals surface area contributed by atoms with E-state index in [0.717, 1.165) is 41.4 Å². The minimum atomic E-state index is -1.23. The summed E-state index contributed by atoms with van der Waals surface area (Å²) in [5.41, 5.74) is 3.46. The molecule has 1 fully saturated rings. The van der Waals surface area contributed by atoms with E-state index in [1.165, 1.54) is 0 Å². The van der Waals surface area contributed by atoms with Gasteiger partial charge in [-0.15, -0.1) is 0 Å². The number of alkyl halides is 1. The van der Waals surface area contributed by atoms with Crippen LogP contribution in [-0.4, -0.2) is 36.2 Å². The van der Waals surface area contributed by atoms with Gasteiger partial charge in [0, 0.05) is 46.6 Å². The summed E-state index contributed by atoms with van der Waals surface area (Å²) in [7, 11) is 0. The Morgan fingerprint density at radius 2 is 2.03 bits per heavy atom. The second-order valence-electron chi connectivity index (χ2n) is 8.05. The quantitative estimate of drug-likeness (QED) is 0.397. The van der Waals surface area contributed by atoms with E-state index in [4.69, 9.17) is 5.41 Å². The Labute approximate surface area is 169 Å². The first kappa shape index (κ1) is 19.4. The average molecular weight is 395 g/mol. The molecule has 0 unspecified atom stereocenters. The van der Waals surface area contributed by atoms with Gasteiger partial charge in [-0.2, -0.15) is 5.10 Å². The lowest BCUT2D eigenvalue weighted by Gasteiger charge is -2.30. The molecule has 1 saturated carbocycles. The molecule has 0 aromatic carbocycles. The molecule has 0 saturated heterocycles. The number of nitrogens with one attached hydrogen (secondary N) is 2. The summed E-state index contributed by atoms with van der Waals surface area (Å²) >= 11 is 0. The van der Waals surface area contributed by atoms with Crippen LogP contribution < -0.4 is 0 Å². The fourth-order valence-corrected chi connectivity index (χ4v) is 4.39. The summed E-state index contributed by atoms with van der Waals surface area (Å²) in [4.78, 5) is 4.63.